The number of likely N-dealkylation sites (tertiary alicyclic amines) is 1. The summed E-state index contributed by atoms with van der Waals surface area (Å²) in [6, 6.07) is 0. The first-order chi connectivity index (χ1) is 13.8. The fourth-order valence-corrected chi connectivity index (χ4v) is 3.16. The first-order valence-electron chi connectivity index (χ1n) is 9.65. The van der Waals surface area contributed by atoms with Gasteiger partial charge in [-0.05, 0) is 45.5 Å². The number of imidazole rings is 1. The lowest BCUT2D eigenvalue weighted by Crippen LogP contribution is -2.41. The minimum absolute atomic E-state index is 0.247. The summed E-state index contributed by atoms with van der Waals surface area (Å²) in [5, 5.41) is 0. The Kier molecular flexibility index (Phi) is 5.93. The number of terminal acetylenes is 1. The highest BCUT2D eigenvalue weighted by molar-refractivity contribution is 5.82. The number of ether oxygens (including phenoxy) is 1. The SMILES string of the molecule is C#CCn1cnc2c(N)nc(C#CCC3CCN(C(=O)OC(C)(C)C)CC3)nc21. The van der Waals surface area contributed by atoms with Crippen LogP contribution in [0.4, 0.5) is 10.6 Å². The van der Waals surface area contributed by atoms with Crippen LogP contribution in [0, 0.1) is 30.1 Å². The molecule has 0 unspecified atom stereocenters. The van der Waals surface area contributed by atoms with E-state index in [0.717, 1.165) is 12.8 Å². The zero-order valence-corrected chi connectivity index (χ0v) is 17.1. The average Bonchev–Trinajstić information content (AvgIpc) is 3.05. The number of nitrogens with two attached hydrogens (primary N) is 1. The summed E-state index contributed by atoms with van der Waals surface area (Å²) in [6.07, 6.45) is 9.23. The van der Waals surface area contributed by atoms with E-state index in [2.05, 4.69) is 32.7 Å². The van der Waals surface area contributed by atoms with Crippen molar-refractivity contribution in [1.82, 2.24) is 24.4 Å². The van der Waals surface area contributed by atoms with Gasteiger partial charge in [-0.1, -0.05) is 11.8 Å². The third-order valence-corrected chi connectivity index (χ3v) is 4.61. The second kappa shape index (κ2) is 8.40. The predicted octanol–water partition coefficient (Wildman–Crippen LogP) is 2.43. The minimum Gasteiger partial charge on any atom is -0.444 e. The van der Waals surface area contributed by atoms with Crippen molar-refractivity contribution in [3.8, 4) is 24.2 Å². The molecule has 8 heteroatoms. The monoisotopic (exact) mass is 394 g/mol. The normalized spacial score (nSPS) is 14.9. The molecule has 0 saturated carbocycles. The van der Waals surface area contributed by atoms with E-state index in [9.17, 15) is 4.79 Å². The van der Waals surface area contributed by atoms with Crippen molar-refractivity contribution in [1.29, 1.82) is 0 Å². The van der Waals surface area contributed by atoms with E-state index in [4.69, 9.17) is 16.9 Å². The van der Waals surface area contributed by atoms with Gasteiger partial charge in [0.25, 0.3) is 0 Å². The molecule has 0 atom stereocenters. The maximum atomic E-state index is 12.1. The molecular weight excluding hydrogens is 368 g/mol. The second-order valence-electron chi connectivity index (χ2n) is 8.10. The Balaban J connectivity index is 1.59. The third-order valence-electron chi connectivity index (χ3n) is 4.61. The molecule has 1 fully saturated rings. The smallest absolute Gasteiger partial charge is 0.410 e. The molecule has 1 aliphatic heterocycles. The Morgan fingerprint density at radius 2 is 2.07 bits per heavy atom. The molecular formula is C21H26N6O2. The molecule has 29 heavy (non-hydrogen) atoms. The Morgan fingerprint density at radius 1 is 1.34 bits per heavy atom. The maximum Gasteiger partial charge on any atom is 0.410 e. The van der Waals surface area contributed by atoms with Crippen LogP contribution in [0.1, 0.15) is 45.9 Å². The standard InChI is InChI=1S/C21H26N6O2/c1-5-11-27-14-23-17-18(22)24-16(25-19(17)27)8-6-7-15-9-12-26(13-10-15)20(28)29-21(2,3)4/h1,14-15H,7,9-13H2,2-4H3,(H2,22,24,25). The fraction of sp³-hybridized carbons (Fsp3) is 0.524. The minimum atomic E-state index is -0.474. The fourth-order valence-electron chi connectivity index (χ4n) is 3.16. The van der Waals surface area contributed by atoms with Crippen molar-refractivity contribution in [2.75, 3.05) is 18.8 Å². The van der Waals surface area contributed by atoms with Crippen molar-refractivity contribution in [3.63, 3.8) is 0 Å². The zero-order chi connectivity index (χ0) is 21.0. The van der Waals surface area contributed by atoms with Gasteiger partial charge in [0.1, 0.15) is 11.1 Å². The van der Waals surface area contributed by atoms with Crippen LogP contribution in [0.25, 0.3) is 11.2 Å². The van der Waals surface area contributed by atoms with Gasteiger partial charge in [-0.2, -0.15) is 0 Å². The molecule has 0 bridgehead atoms. The molecule has 3 rings (SSSR count). The summed E-state index contributed by atoms with van der Waals surface area (Å²) in [7, 11) is 0. The lowest BCUT2D eigenvalue weighted by atomic mass is 9.94. The topological polar surface area (TPSA) is 99.2 Å². The van der Waals surface area contributed by atoms with Crippen LogP contribution in [-0.2, 0) is 11.3 Å². The highest BCUT2D eigenvalue weighted by Gasteiger charge is 2.26. The van der Waals surface area contributed by atoms with E-state index in [1.807, 2.05) is 20.8 Å². The molecule has 1 saturated heterocycles. The van der Waals surface area contributed by atoms with Gasteiger partial charge in [0, 0.05) is 19.5 Å². The molecule has 0 aromatic carbocycles. The summed E-state index contributed by atoms with van der Waals surface area (Å²) in [6.45, 7) is 7.34. The lowest BCUT2D eigenvalue weighted by Gasteiger charge is -2.32. The van der Waals surface area contributed by atoms with Gasteiger partial charge in [-0.25, -0.2) is 19.7 Å². The highest BCUT2D eigenvalue weighted by Crippen LogP contribution is 2.22. The van der Waals surface area contributed by atoms with Gasteiger partial charge in [-0.3, -0.25) is 0 Å². The Hall–Kier alpha value is -3.26. The van der Waals surface area contributed by atoms with Crippen molar-refractivity contribution < 1.29 is 9.53 Å². The van der Waals surface area contributed by atoms with Crippen molar-refractivity contribution in [2.45, 2.75) is 52.2 Å². The number of rotatable bonds is 2. The number of anilines is 1. The van der Waals surface area contributed by atoms with Crippen LogP contribution in [0.15, 0.2) is 6.33 Å². The van der Waals surface area contributed by atoms with Crippen LogP contribution >= 0.6 is 0 Å². The van der Waals surface area contributed by atoms with Crippen molar-refractivity contribution >= 4 is 23.1 Å². The first-order valence-corrected chi connectivity index (χ1v) is 9.65. The molecule has 2 aromatic heterocycles. The number of fused-ring (bicyclic) bond motifs is 1. The Bertz CT molecular complexity index is 994. The van der Waals surface area contributed by atoms with Crippen LogP contribution in [0.3, 0.4) is 0 Å². The van der Waals surface area contributed by atoms with E-state index in [1.54, 1.807) is 15.8 Å². The quantitative estimate of drug-likeness (QED) is 0.786. The molecule has 8 nitrogen and oxygen atoms in total. The molecule has 1 aliphatic rings. The van der Waals surface area contributed by atoms with Crippen LogP contribution in [0.2, 0.25) is 0 Å². The van der Waals surface area contributed by atoms with Crippen molar-refractivity contribution in [3.05, 3.63) is 12.2 Å². The zero-order valence-electron chi connectivity index (χ0n) is 17.1. The van der Waals surface area contributed by atoms with Crippen LogP contribution < -0.4 is 5.73 Å². The van der Waals surface area contributed by atoms with Gasteiger partial charge in [0.05, 0.1) is 12.9 Å². The second-order valence-corrected chi connectivity index (χ2v) is 8.10. The third kappa shape index (κ3) is 5.17. The van der Waals surface area contributed by atoms with E-state index in [-0.39, 0.29) is 6.09 Å². The molecule has 0 spiro atoms. The van der Waals surface area contributed by atoms with Gasteiger partial charge in [0.2, 0.25) is 5.82 Å². The lowest BCUT2D eigenvalue weighted by molar-refractivity contribution is 0.0185. The average molecular weight is 394 g/mol. The Labute approximate surface area is 170 Å². The molecule has 1 amide bonds. The van der Waals surface area contributed by atoms with Gasteiger partial charge < -0.3 is 19.9 Å². The molecule has 2 N–H and O–H groups in total. The molecule has 152 valence electrons. The van der Waals surface area contributed by atoms with Crippen LogP contribution in [0.5, 0.6) is 0 Å². The molecule has 3 heterocycles. The number of hydrogen-bond donors (Lipinski definition) is 1. The van der Waals surface area contributed by atoms with Gasteiger partial charge in [-0.15, -0.1) is 6.42 Å². The summed E-state index contributed by atoms with van der Waals surface area (Å²) in [5.74, 6) is 9.79. The van der Waals surface area contributed by atoms with Crippen LogP contribution in [-0.4, -0.2) is 49.2 Å². The first kappa shape index (κ1) is 20.5. The number of piperidine rings is 1. The summed E-state index contributed by atoms with van der Waals surface area (Å²) >= 11 is 0. The molecule has 2 aromatic rings. The maximum absolute atomic E-state index is 12.1. The Morgan fingerprint density at radius 3 is 2.72 bits per heavy atom. The highest BCUT2D eigenvalue weighted by atomic mass is 16.6. The van der Waals surface area contributed by atoms with E-state index >= 15 is 0 Å². The number of carbonyl (C=O) groups is 1. The number of amides is 1. The molecule has 0 radical (unpaired) electrons. The molecule has 0 aliphatic carbocycles. The van der Waals surface area contributed by atoms with E-state index in [0.29, 0.717) is 54.8 Å². The summed E-state index contributed by atoms with van der Waals surface area (Å²) < 4.78 is 7.17. The van der Waals surface area contributed by atoms with Gasteiger partial charge >= 0.3 is 6.09 Å². The number of nitrogen functional groups attached to an aromatic ring is 1. The summed E-state index contributed by atoms with van der Waals surface area (Å²) in [4.78, 5) is 26.8. The number of nitrogens with zero attached hydrogens (tertiary/aromatic N) is 5. The number of aromatic nitrogens is 4. The van der Waals surface area contributed by atoms with Crippen molar-refractivity contribution in [2.24, 2.45) is 5.92 Å². The summed E-state index contributed by atoms with van der Waals surface area (Å²) in [5.41, 5.74) is 6.61. The van der Waals surface area contributed by atoms with E-state index < -0.39 is 5.60 Å². The van der Waals surface area contributed by atoms with E-state index in [1.165, 1.54) is 0 Å². The number of hydrogen-bond acceptors (Lipinski definition) is 6. The predicted molar refractivity (Wildman–Crippen MR) is 111 cm³/mol. The number of carbonyl (C=O) groups excluding carboxylic acids is 1. The van der Waals surface area contributed by atoms with Gasteiger partial charge in [0.15, 0.2) is 11.5 Å². The largest absolute Gasteiger partial charge is 0.444 e.